The first-order chi connectivity index (χ1) is 13.1. The molecule has 1 heterocycles. The summed E-state index contributed by atoms with van der Waals surface area (Å²) < 4.78 is 18.6. The quantitative estimate of drug-likeness (QED) is 0.699. The average molecular weight is 373 g/mol. The minimum Gasteiger partial charge on any atom is -0.494 e. The largest absolute Gasteiger partial charge is 0.494 e. The highest BCUT2D eigenvalue weighted by atomic mass is 19.1. The topological polar surface area (TPSA) is 52.9 Å². The molecule has 0 saturated carbocycles. The molecule has 0 aromatic heterocycles. The third kappa shape index (κ3) is 5.28. The monoisotopic (exact) mass is 373 g/mol. The molecule has 1 aliphatic heterocycles. The first-order valence-corrected chi connectivity index (χ1v) is 9.55. The van der Waals surface area contributed by atoms with Crippen LogP contribution in [0.3, 0.4) is 0 Å². The van der Waals surface area contributed by atoms with Gasteiger partial charge < -0.3 is 19.8 Å². The van der Waals surface area contributed by atoms with Crippen LogP contribution >= 0.6 is 0 Å². The van der Waals surface area contributed by atoms with Gasteiger partial charge in [0.15, 0.2) is 0 Å². The number of ether oxygens (including phenoxy) is 1. The number of rotatable bonds is 8. The fourth-order valence-electron chi connectivity index (χ4n) is 3.83. The van der Waals surface area contributed by atoms with Gasteiger partial charge in [0, 0.05) is 25.0 Å². The molecule has 0 aliphatic carbocycles. The number of piperidine rings is 1. The molecule has 2 N–H and O–H groups in total. The van der Waals surface area contributed by atoms with Crippen LogP contribution in [0.4, 0.5) is 4.39 Å². The summed E-state index contributed by atoms with van der Waals surface area (Å²) in [6, 6.07) is 16.1. The van der Waals surface area contributed by atoms with Crippen molar-refractivity contribution in [2.75, 3.05) is 32.8 Å². The maximum absolute atomic E-state index is 12.9. The Morgan fingerprint density at radius 2 is 1.85 bits per heavy atom. The molecule has 0 radical (unpaired) electrons. The fourth-order valence-corrected chi connectivity index (χ4v) is 3.83. The number of benzene rings is 2. The van der Waals surface area contributed by atoms with Gasteiger partial charge in [0.1, 0.15) is 11.6 Å². The van der Waals surface area contributed by atoms with Crippen LogP contribution in [-0.2, 0) is 6.42 Å². The van der Waals surface area contributed by atoms with E-state index in [0.717, 1.165) is 25.1 Å². The minimum atomic E-state index is -0.530. The van der Waals surface area contributed by atoms with Crippen LogP contribution in [-0.4, -0.2) is 54.1 Å². The Bertz CT molecular complexity index is 694. The molecule has 0 unspecified atom stereocenters. The van der Waals surface area contributed by atoms with Crippen molar-refractivity contribution >= 4 is 0 Å². The van der Waals surface area contributed by atoms with Crippen molar-refractivity contribution in [3.63, 3.8) is 0 Å². The number of aliphatic hydroxyl groups is 2. The number of likely N-dealkylation sites (tertiary alicyclic amines) is 1. The molecule has 5 heteroatoms. The second kappa shape index (κ2) is 9.31. The van der Waals surface area contributed by atoms with Crippen LogP contribution in [0.15, 0.2) is 54.6 Å². The van der Waals surface area contributed by atoms with E-state index < -0.39 is 11.5 Å². The normalized spacial score (nSPS) is 23.3. The van der Waals surface area contributed by atoms with E-state index in [1.54, 1.807) is 12.1 Å². The predicted molar refractivity (Wildman–Crippen MR) is 103 cm³/mol. The van der Waals surface area contributed by atoms with Gasteiger partial charge in [0.05, 0.1) is 19.3 Å². The van der Waals surface area contributed by atoms with E-state index in [9.17, 15) is 14.6 Å². The second-order valence-electron chi connectivity index (χ2n) is 7.42. The van der Waals surface area contributed by atoms with Gasteiger partial charge >= 0.3 is 0 Å². The van der Waals surface area contributed by atoms with E-state index in [4.69, 9.17) is 4.74 Å². The minimum absolute atomic E-state index is 0.0361. The van der Waals surface area contributed by atoms with E-state index in [2.05, 4.69) is 4.90 Å². The van der Waals surface area contributed by atoms with Crippen molar-refractivity contribution in [2.24, 2.45) is 5.41 Å². The van der Waals surface area contributed by atoms with Gasteiger partial charge in [-0.15, -0.1) is 0 Å². The van der Waals surface area contributed by atoms with E-state index in [1.165, 1.54) is 12.1 Å². The average Bonchev–Trinajstić information content (AvgIpc) is 2.70. The molecule has 1 aliphatic rings. The summed E-state index contributed by atoms with van der Waals surface area (Å²) >= 11 is 0. The van der Waals surface area contributed by atoms with E-state index in [-0.39, 0.29) is 12.4 Å². The zero-order valence-electron chi connectivity index (χ0n) is 15.6. The highest BCUT2D eigenvalue weighted by Gasteiger charge is 2.42. The molecule has 1 fully saturated rings. The smallest absolute Gasteiger partial charge is 0.123 e. The van der Waals surface area contributed by atoms with Crippen molar-refractivity contribution in [2.45, 2.75) is 25.4 Å². The van der Waals surface area contributed by atoms with Crippen molar-refractivity contribution < 1.29 is 19.3 Å². The fraction of sp³-hybridized carbons (Fsp3) is 0.455. The maximum atomic E-state index is 12.9. The van der Waals surface area contributed by atoms with Crippen molar-refractivity contribution in [1.29, 1.82) is 0 Å². The highest BCUT2D eigenvalue weighted by Crippen LogP contribution is 2.34. The molecule has 2 aromatic rings. The summed E-state index contributed by atoms with van der Waals surface area (Å²) in [7, 11) is 0. The van der Waals surface area contributed by atoms with Crippen molar-refractivity contribution in [3.05, 3.63) is 66.0 Å². The molecule has 2 atom stereocenters. The van der Waals surface area contributed by atoms with Gasteiger partial charge in [-0.2, -0.15) is 0 Å². The number of aliphatic hydroxyl groups excluding tert-OH is 2. The summed E-state index contributed by atoms with van der Waals surface area (Å²) in [5.41, 5.74) is 0.601. The summed E-state index contributed by atoms with van der Waals surface area (Å²) in [6.07, 6.45) is 1.65. The number of hydrogen-bond acceptors (Lipinski definition) is 4. The highest BCUT2D eigenvalue weighted by molar-refractivity contribution is 5.22. The third-order valence-corrected chi connectivity index (χ3v) is 5.38. The van der Waals surface area contributed by atoms with Gasteiger partial charge in [0.2, 0.25) is 0 Å². The molecule has 0 spiro atoms. The van der Waals surface area contributed by atoms with Crippen LogP contribution < -0.4 is 4.74 Å². The zero-order valence-corrected chi connectivity index (χ0v) is 15.6. The maximum Gasteiger partial charge on any atom is 0.123 e. The molecule has 27 heavy (non-hydrogen) atoms. The van der Waals surface area contributed by atoms with E-state index in [0.29, 0.717) is 31.7 Å². The lowest BCUT2D eigenvalue weighted by molar-refractivity contribution is -0.0752. The van der Waals surface area contributed by atoms with E-state index >= 15 is 0 Å². The lowest BCUT2D eigenvalue weighted by Crippen LogP contribution is -2.55. The molecule has 146 valence electrons. The Morgan fingerprint density at radius 3 is 2.56 bits per heavy atom. The predicted octanol–water partition coefficient (Wildman–Crippen LogP) is 2.88. The Kier molecular flexibility index (Phi) is 6.83. The van der Waals surface area contributed by atoms with Gasteiger partial charge in [-0.05, 0) is 49.1 Å². The molecule has 1 saturated heterocycles. The standard InChI is InChI=1S/C22H28FNO3/c23-19-7-9-20(10-8-19)27-14-4-12-24-13-11-21(26)22(16-24,17-25)15-18-5-2-1-3-6-18/h1-3,5-10,21,25-26H,4,11-17H2/t21-,22+/m0/s1. The van der Waals surface area contributed by atoms with Crippen molar-refractivity contribution in [1.82, 2.24) is 4.90 Å². The van der Waals surface area contributed by atoms with Crippen LogP contribution in [0, 0.1) is 11.2 Å². The Hall–Kier alpha value is -1.95. The molecule has 3 rings (SSSR count). The van der Waals surface area contributed by atoms with Crippen LogP contribution in [0.5, 0.6) is 5.75 Å². The zero-order chi connectivity index (χ0) is 19.1. The Balaban J connectivity index is 1.51. The molecule has 0 bridgehead atoms. The summed E-state index contributed by atoms with van der Waals surface area (Å²) in [6.45, 7) is 2.83. The number of hydrogen-bond donors (Lipinski definition) is 2. The Labute approximate surface area is 160 Å². The van der Waals surface area contributed by atoms with E-state index in [1.807, 2.05) is 30.3 Å². The van der Waals surface area contributed by atoms with Gasteiger partial charge in [-0.25, -0.2) is 4.39 Å². The molecule has 0 amide bonds. The summed E-state index contributed by atoms with van der Waals surface area (Å²) in [5.74, 6) is 0.396. The molecular formula is C22H28FNO3. The van der Waals surface area contributed by atoms with Gasteiger partial charge in [0.25, 0.3) is 0 Å². The lowest BCUT2D eigenvalue weighted by Gasteiger charge is -2.45. The first kappa shape index (κ1) is 19.8. The molecule has 2 aromatic carbocycles. The second-order valence-corrected chi connectivity index (χ2v) is 7.42. The molecule has 4 nitrogen and oxygen atoms in total. The lowest BCUT2D eigenvalue weighted by atomic mass is 9.73. The van der Waals surface area contributed by atoms with Gasteiger partial charge in [-0.3, -0.25) is 0 Å². The van der Waals surface area contributed by atoms with Gasteiger partial charge in [-0.1, -0.05) is 30.3 Å². The summed E-state index contributed by atoms with van der Waals surface area (Å²) in [4.78, 5) is 2.29. The summed E-state index contributed by atoms with van der Waals surface area (Å²) in [5, 5.41) is 20.7. The van der Waals surface area contributed by atoms with Crippen LogP contribution in [0.2, 0.25) is 0 Å². The third-order valence-electron chi connectivity index (χ3n) is 5.38. The first-order valence-electron chi connectivity index (χ1n) is 9.55. The van der Waals surface area contributed by atoms with Crippen LogP contribution in [0.25, 0.3) is 0 Å². The van der Waals surface area contributed by atoms with Crippen LogP contribution in [0.1, 0.15) is 18.4 Å². The SMILES string of the molecule is OC[C@@]1(Cc2ccccc2)CN(CCCOc2ccc(F)cc2)CC[C@@H]1O. The number of nitrogens with zero attached hydrogens (tertiary/aromatic N) is 1. The van der Waals surface area contributed by atoms with Crippen molar-refractivity contribution in [3.8, 4) is 5.75 Å². The Morgan fingerprint density at radius 1 is 1.11 bits per heavy atom. The molecular weight excluding hydrogens is 345 g/mol. The number of halogens is 1.